The number of hydrogen-bond acceptors (Lipinski definition) is 3. The molecule has 2 aromatic rings. The van der Waals surface area contributed by atoms with Crippen molar-refractivity contribution < 1.29 is 13.2 Å². The van der Waals surface area contributed by atoms with Crippen LogP contribution < -0.4 is 0 Å². The summed E-state index contributed by atoms with van der Waals surface area (Å²) in [6, 6.07) is 0. The van der Waals surface area contributed by atoms with E-state index in [-0.39, 0.29) is 17.3 Å². The second kappa shape index (κ2) is 3.89. The monoisotopic (exact) mass is 250 g/mol. The van der Waals surface area contributed by atoms with Crippen LogP contribution in [-0.4, -0.2) is 25.9 Å². The highest BCUT2D eigenvalue weighted by Gasteiger charge is 2.27. The fourth-order valence-corrected chi connectivity index (χ4v) is 1.35. The number of aryl methyl sites for hydroxylation is 1. The zero-order valence-corrected chi connectivity index (χ0v) is 8.63. The standard InChI is InChI=1S/C8H6ClF3N4/c9-6-4-13-5-3-14-16(7(5)15-6)2-1-8(10,11)12/h3-4H,1-2H2. The van der Waals surface area contributed by atoms with E-state index in [0.29, 0.717) is 5.52 Å². The summed E-state index contributed by atoms with van der Waals surface area (Å²) in [5.74, 6) is 0. The maximum atomic E-state index is 12.0. The van der Waals surface area contributed by atoms with Crippen LogP contribution in [0.15, 0.2) is 12.4 Å². The van der Waals surface area contributed by atoms with Gasteiger partial charge in [-0.25, -0.2) is 14.6 Å². The number of hydrogen-bond donors (Lipinski definition) is 0. The summed E-state index contributed by atoms with van der Waals surface area (Å²) in [4.78, 5) is 7.76. The summed E-state index contributed by atoms with van der Waals surface area (Å²) in [6.45, 7) is -0.290. The van der Waals surface area contributed by atoms with Gasteiger partial charge in [-0.05, 0) is 0 Å². The Morgan fingerprint density at radius 1 is 1.31 bits per heavy atom. The second-order valence-corrected chi connectivity index (χ2v) is 3.52. The molecular weight excluding hydrogens is 245 g/mol. The molecule has 0 aliphatic heterocycles. The van der Waals surface area contributed by atoms with Gasteiger partial charge in [0.15, 0.2) is 5.65 Å². The van der Waals surface area contributed by atoms with Crippen LogP contribution >= 0.6 is 11.6 Å². The lowest BCUT2D eigenvalue weighted by Crippen LogP contribution is -2.13. The highest BCUT2D eigenvalue weighted by atomic mass is 35.5. The lowest BCUT2D eigenvalue weighted by molar-refractivity contribution is -0.137. The van der Waals surface area contributed by atoms with Crippen molar-refractivity contribution in [2.75, 3.05) is 0 Å². The molecule has 0 unspecified atom stereocenters. The number of halogens is 4. The van der Waals surface area contributed by atoms with Gasteiger partial charge in [-0.15, -0.1) is 0 Å². The largest absolute Gasteiger partial charge is 0.390 e. The SMILES string of the molecule is FC(F)(F)CCn1ncc2ncc(Cl)nc21. The molecule has 8 heteroatoms. The van der Waals surface area contributed by atoms with Gasteiger partial charge in [0.2, 0.25) is 0 Å². The van der Waals surface area contributed by atoms with Crippen LogP contribution in [0, 0.1) is 0 Å². The Morgan fingerprint density at radius 3 is 2.75 bits per heavy atom. The molecule has 16 heavy (non-hydrogen) atoms. The Balaban J connectivity index is 2.28. The number of rotatable bonds is 2. The molecule has 2 heterocycles. The summed E-state index contributed by atoms with van der Waals surface area (Å²) >= 11 is 5.60. The lowest BCUT2D eigenvalue weighted by Gasteiger charge is -2.06. The molecular formula is C8H6ClF3N4. The molecule has 0 spiro atoms. The van der Waals surface area contributed by atoms with E-state index in [0.717, 1.165) is 4.68 Å². The average molecular weight is 251 g/mol. The third kappa shape index (κ3) is 2.41. The topological polar surface area (TPSA) is 43.6 Å². The van der Waals surface area contributed by atoms with Gasteiger partial charge in [0, 0.05) is 0 Å². The molecule has 2 aromatic heterocycles. The van der Waals surface area contributed by atoms with E-state index in [1.165, 1.54) is 12.4 Å². The molecule has 0 saturated heterocycles. The Labute approximate surface area is 93.1 Å². The Bertz CT molecular complexity index is 507. The smallest absolute Gasteiger partial charge is 0.248 e. The molecule has 0 N–H and O–H groups in total. The van der Waals surface area contributed by atoms with E-state index >= 15 is 0 Å². The van der Waals surface area contributed by atoms with Crippen LogP contribution in [0.5, 0.6) is 0 Å². The molecule has 0 aliphatic rings. The summed E-state index contributed by atoms with van der Waals surface area (Å²) in [7, 11) is 0. The van der Waals surface area contributed by atoms with Gasteiger partial charge in [0.25, 0.3) is 0 Å². The van der Waals surface area contributed by atoms with E-state index in [9.17, 15) is 13.2 Å². The van der Waals surface area contributed by atoms with Crippen molar-refractivity contribution in [3.8, 4) is 0 Å². The van der Waals surface area contributed by atoms with E-state index in [1.54, 1.807) is 0 Å². The van der Waals surface area contributed by atoms with Crippen LogP contribution in [0.4, 0.5) is 13.2 Å². The van der Waals surface area contributed by atoms with Crippen molar-refractivity contribution in [2.24, 2.45) is 0 Å². The predicted octanol–water partition coefficient (Wildman–Crippen LogP) is 2.43. The molecule has 0 atom stereocenters. The first-order chi connectivity index (χ1) is 7.46. The summed E-state index contributed by atoms with van der Waals surface area (Å²) in [5.41, 5.74) is 0.684. The molecule has 0 bridgehead atoms. The fraction of sp³-hybridized carbons (Fsp3) is 0.375. The number of aromatic nitrogens is 4. The van der Waals surface area contributed by atoms with Crippen molar-refractivity contribution >= 4 is 22.8 Å². The highest BCUT2D eigenvalue weighted by molar-refractivity contribution is 6.29. The molecule has 4 nitrogen and oxygen atoms in total. The minimum Gasteiger partial charge on any atom is -0.248 e. The van der Waals surface area contributed by atoms with Gasteiger partial charge in [-0.1, -0.05) is 11.6 Å². The van der Waals surface area contributed by atoms with Gasteiger partial charge in [0.1, 0.15) is 10.7 Å². The van der Waals surface area contributed by atoms with Crippen LogP contribution in [0.25, 0.3) is 11.2 Å². The van der Waals surface area contributed by atoms with Crippen LogP contribution in [0.3, 0.4) is 0 Å². The normalized spacial score (nSPS) is 12.2. The van der Waals surface area contributed by atoms with Gasteiger partial charge < -0.3 is 0 Å². The molecule has 0 aliphatic carbocycles. The minimum absolute atomic E-state index is 0.126. The van der Waals surface area contributed by atoms with Crippen LogP contribution in [0.2, 0.25) is 5.15 Å². The highest BCUT2D eigenvalue weighted by Crippen LogP contribution is 2.21. The number of alkyl halides is 3. The fourth-order valence-electron chi connectivity index (χ4n) is 1.22. The van der Waals surface area contributed by atoms with Crippen LogP contribution in [-0.2, 0) is 6.54 Å². The van der Waals surface area contributed by atoms with E-state index in [2.05, 4.69) is 15.1 Å². The third-order valence-corrected chi connectivity index (χ3v) is 2.11. The van der Waals surface area contributed by atoms with Crippen molar-refractivity contribution in [1.29, 1.82) is 0 Å². The lowest BCUT2D eigenvalue weighted by atomic mass is 10.4. The first-order valence-electron chi connectivity index (χ1n) is 4.36. The minimum atomic E-state index is -4.22. The van der Waals surface area contributed by atoms with Gasteiger partial charge in [-0.2, -0.15) is 18.3 Å². The zero-order valence-electron chi connectivity index (χ0n) is 7.87. The molecule has 0 amide bonds. The Kier molecular flexibility index (Phi) is 2.71. The third-order valence-electron chi connectivity index (χ3n) is 1.92. The average Bonchev–Trinajstić information content (AvgIpc) is 2.56. The van der Waals surface area contributed by atoms with E-state index in [1.807, 2.05) is 0 Å². The van der Waals surface area contributed by atoms with Gasteiger partial charge in [-0.3, -0.25) is 0 Å². The van der Waals surface area contributed by atoms with Gasteiger partial charge >= 0.3 is 6.18 Å². The first kappa shape index (κ1) is 11.1. The molecule has 2 rings (SSSR count). The molecule has 0 saturated carbocycles. The van der Waals surface area contributed by atoms with Crippen molar-refractivity contribution in [3.05, 3.63) is 17.5 Å². The second-order valence-electron chi connectivity index (χ2n) is 3.13. The van der Waals surface area contributed by atoms with Crippen molar-refractivity contribution in [2.45, 2.75) is 19.1 Å². The van der Waals surface area contributed by atoms with E-state index in [4.69, 9.17) is 11.6 Å². The van der Waals surface area contributed by atoms with E-state index < -0.39 is 12.6 Å². The summed E-state index contributed by atoms with van der Waals surface area (Å²) in [5, 5.41) is 3.90. The summed E-state index contributed by atoms with van der Waals surface area (Å²) in [6.07, 6.45) is -2.50. The predicted molar refractivity (Wildman–Crippen MR) is 51.0 cm³/mol. The molecule has 0 aromatic carbocycles. The van der Waals surface area contributed by atoms with Crippen LogP contribution in [0.1, 0.15) is 6.42 Å². The van der Waals surface area contributed by atoms with Gasteiger partial charge in [0.05, 0.1) is 25.4 Å². The molecule has 86 valence electrons. The first-order valence-corrected chi connectivity index (χ1v) is 4.74. The quantitative estimate of drug-likeness (QED) is 0.822. The number of nitrogens with zero attached hydrogens (tertiary/aromatic N) is 4. The van der Waals surface area contributed by atoms with Crippen molar-refractivity contribution in [3.63, 3.8) is 0 Å². The summed E-state index contributed by atoms with van der Waals surface area (Å²) < 4.78 is 37.2. The number of fused-ring (bicyclic) bond motifs is 1. The Hall–Kier alpha value is -1.37. The molecule has 0 fully saturated rings. The Morgan fingerprint density at radius 2 is 2.06 bits per heavy atom. The maximum absolute atomic E-state index is 12.0. The van der Waals surface area contributed by atoms with Crippen molar-refractivity contribution in [1.82, 2.24) is 19.7 Å². The maximum Gasteiger partial charge on any atom is 0.390 e. The molecule has 0 radical (unpaired) electrons. The zero-order chi connectivity index (χ0) is 11.8.